The molecule has 1 atom stereocenters. The third-order valence-electron chi connectivity index (χ3n) is 5.30. The molecular weight excluding hydrogens is 310 g/mol. The van der Waals surface area contributed by atoms with Gasteiger partial charge in [0.1, 0.15) is 5.82 Å². The van der Waals surface area contributed by atoms with E-state index in [1.165, 1.54) is 35.2 Å². The molecule has 1 aliphatic carbocycles. The fraction of sp³-hybridized carbons (Fsp3) is 0.400. The molecule has 3 aromatic rings. The third kappa shape index (κ3) is 2.89. The van der Waals surface area contributed by atoms with E-state index in [1.807, 2.05) is 13.1 Å². The van der Waals surface area contributed by atoms with E-state index in [1.54, 1.807) is 0 Å². The van der Waals surface area contributed by atoms with Crippen LogP contribution < -0.4 is 10.6 Å². The van der Waals surface area contributed by atoms with Crippen molar-refractivity contribution in [3.05, 3.63) is 53.0 Å². The molecule has 1 aromatic carbocycles. The van der Waals surface area contributed by atoms with Crippen molar-refractivity contribution in [2.45, 2.75) is 38.8 Å². The average Bonchev–Trinajstić information content (AvgIpc) is 3.19. The molecule has 1 aliphatic heterocycles. The maximum atomic E-state index is 4.46. The van der Waals surface area contributed by atoms with Crippen LogP contribution in [0.1, 0.15) is 41.4 Å². The molecule has 128 valence electrons. The summed E-state index contributed by atoms with van der Waals surface area (Å²) < 4.78 is 0. The average molecular weight is 333 g/mol. The molecule has 3 heterocycles. The normalized spacial score (nSPS) is 19.2. The van der Waals surface area contributed by atoms with Gasteiger partial charge in [0.15, 0.2) is 5.65 Å². The number of aromatic nitrogens is 3. The molecule has 5 heteroatoms. The summed E-state index contributed by atoms with van der Waals surface area (Å²) in [4.78, 5) is 12.2. The van der Waals surface area contributed by atoms with Gasteiger partial charge in [0.05, 0.1) is 11.6 Å². The topological polar surface area (TPSA) is 65.6 Å². The van der Waals surface area contributed by atoms with E-state index < -0.39 is 0 Å². The van der Waals surface area contributed by atoms with Crippen LogP contribution in [-0.2, 0) is 13.0 Å². The third-order valence-corrected chi connectivity index (χ3v) is 5.30. The second-order valence-electron chi connectivity index (χ2n) is 7.39. The smallest absolute Gasteiger partial charge is 0.178 e. The van der Waals surface area contributed by atoms with Gasteiger partial charge in [-0.15, -0.1) is 0 Å². The largest absolute Gasteiger partial charge is 0.378 e. The predicted molar refractivity (Wildman–Crippen MR) is 99.6 cm³/mol. The Bertz CT molecular complexity index is 925. The number of aryl methyl sites for hydroxylation is 1. The predicted octanol–water partition coefficient (Wildman–Crippen LogP) is 3.48. The van der Waals surface area contributed by atoms with Crippen LogP contribution in [0.25, 0.3) is 11.2 Å². The summed E-state index contributed by atoms with van der Waals surface area (Å²) in [5.74, 6) is 1.84. The van der Waals surface area contributed by atoms with E-state index in [2.05, 4.69) is 49.9 Å². The summed E-state index contributed by atoms with van der Waals surface area (Å²) in [5, 5.41) is 7.25. The Labute approximate surface area is 147 Å². The van der Waals surface area contributed by atoms with Crippen LogP contribution in [0.15, 0.2) is 30.5 Å². The Hall–Kier alpha value is -2.40. The van der Waals surface area contributed by atoms with E-state index >= 15 is 0 Å². The molecular formula is C20H23N5. The van der Waals surface area contributed by atoms with Crippen molar-refractivity contribution in [1.29, 1.82) is 0 Å². The number of imidazole rings is 1. The van der Waals surface area contributed by atoms with Crippen LogP contribution in [0.2, 0.25) is 0 Å². The zero-order valence-corrected chi connectivity index (χ0v) is 14.5. The maximum absolute atomic E-state index is 4.46. The number of anilines is 1. The van der Waals surface area contributed by atoms with Crippen molar-refractivity contribution in [2.75, 3.05) is 11.9 Å². The van der Waals surface area contributed by atoms with Gasteiger partial charge in [-0.1, -0.05) is 12.1 Å². The van der Waals surface area contributed by atoms with Crippen molar-refractivity contribution in [3.63, 3.8) is 0 Å². The van der Waals surface area contributed by atoms with Gasteiger partial charge >= 0.3 is 0 Å². The number of benzene rings is 1. The highest BCUT2D eigenvalue weighted by atomic mass is 15.0. The van der Waals surface area contributed by atoms with Crippen LogP contribution in [0.5, 0.6) is 0 Å². The molecule has 0 amide bonds. The Morgan fingerprint density at radius 1 is 1.24 bits per heavy atom. The fourth-order valence-corrected chi connectivity index (χ4v) is 3.79. The molecule has 1 unspecified atom stereocenters. The summed E-state index contributed by atoms with van der Waals surface area (Å²) in [6.45, 7) is 4.10. The number of pyridine rings is 1. The van der Waals surface area contributed by atoms with Gasteiger partial charge in [-0.05, 0) is 61.9 Å². The van der Waals surface area contributed by atoms with E-state index in [9.17, 15) is 0 Å². The van der Waals surface area contributed by atoms with Crippen LogP contribution in [0.3, 0.4) is 0 Å². The molecule has 0 bridgehead atoms. The number of rotatable bonds is 5. The number of hydrogen-bond acceptors (Lipinski definition) is 4. The van der Waals surface area contributed by atoms with Crippen molar-refractivity contribution in [2.24, 2.45) is 5.92 Å². The van der Waals surface area contributed by atoms with E-state index in [4.69, 9.17) is 0 Å². The molecule has 1 fully saturated rings. The van der Waals surface area contributed by atoms with E-state index in [0.717, 1.165) is 42.4 Å². The first-order valence-corrected chi connectivity index (χ1v) is 9.16. The van der Waals surface area contributed by atoms with Crippen molar-refractivity contribution in [1.82, 2.24) is 20.3 Å². The number of aromatic amines is 1. The van der Waals surface area contributed by atoms with Gasteiger partial charge in [0.25, 0.3) is 0 Å². The Morgan fingerprint density at radius 3 is 3.04 bits per heavy atom. The molecule has 2 aromatic heterocycles. The first-order valence-electron chi connectivity index (χ1n) is 9.16. The minimum absolute atomic E-state index is 0.273. The van der Waals surface area contributed by atoms with Crippen LogP contribution in [0.4, 0.5) is 5.69 Å². The molecule has 1 saturated carbocycles. The number of nitrogens with zero attached hydrogens (tertiary/aromatic N) is 2. The Kier molecular flexibility index (Phi) is 3.48. The van der Waals surface area contributed by atoms with Crippen molar-refractivity contribution in [3.8, 4) is 0 Å². The number of fused-ring (bicyclic) bond motifs is 2. The fourth-order valence-electron chi connectivity index (χ4n) is 3.79. The maximum Gasteiger partial charge on any atom is 0.178 e. The van der Waals surface area contributed by atoms with Gasteiger partial charge in [-0.2, -0.15) is 0 Å². The van der Waals surface area contributed by atoms with Gasteiger partial charge in [-0.3, -0.25) is 0 Å². The summed E-state index contributed by atoms with van der Waals surface area (Å²) in [5.41, 5.74) is 7.12. The lowest BCUT2D eigenvalue weighted by Crippen LogP contribution is -2.16. The second kappa shape index (κ2) is 5.85. The lowest BCUT2D eigenvalue weighted by Gasteiger charge is -2.12. The van der Waals surface area contributed by atoms with Crippen LogP contribution >= 0.6 is 0 Å². The quantitative estimate of drug-likeness (QED) is 0.669. The highest BCUT2D eigenvalue weighted by Gasteiger charge is 2.25. The lowest BCUT2D eigenvalue weighted by molar-refractivity contribution is 0.638. The molecule has 0 radical (unpaired) electrons. The van der Waals surface area contributed by atoms with Gasteiger partial charge in [0.2, 0.25) is 0 Å². The van der Waals surface area contributed by atoms with Gasteiger partial charge in [-0.25, -0.2) is 9.97 Å². The summed E-state index contributed by atoms with van der Waals surface area (Å²) in [7, 11) is 0. The monoisotopic (exact) mass is 333 g/mol. The van der Waals surface area contributed by atoms with Gasteiger partial charge in [0, 0.05) is 24.0 Å². The zero-order valence-electron chi connectivity index (χ0n) is 14.5. The molecule has 2 aliphatic rings. The molecule has 0 spiro atoms. The first kappa shape index (κ1) is 14.9. The van der Waals surface area contributed by atoms with Gasteiger partial charge < -0.3 is 15.6 Å². The minimum atomic E-state index is 0.273. The van der Waals surface area contributed by atoms with E-state index in [-0.39, 0.29) is 6.04 Å². The molecule has 0 saturated heterocycles. The SMILES string of the molecule is Cc1nc2nccc(C3Cc4cc(CNCC5CC5)ccc4N3)c2[nH]1. The van der Waals surface area contributed by atoms with Crippen LogP contribution in [-0.4, -0.2) is 21.5 Å². The minimum Gasteiger partial charge on any atom is -0.378 e. The highest BCUT2D eigenvalue weighted by molar-refractivity contribution is 5.77. The number of H-pyrrole nitrogens is 1. The zero-order chi connectivity index (χ0) is 16.8. The van der Waals surface area contributed by atoms with Crippen LogP contribution in [0, 0.1) is 12.8 Å². The molecule has 5 rings (SSSR count). The lowest BCUT2D eigenvalue weighted by atomic mass is 10.0. The Balaban J connectivity index is 1.36. The Morgan fingerprint density at radius 2 is 2.16 bits per heavy atom. The number of nitrogens with one attached hydrogen (secondary N) is 3. The first-order chi connectivity index (χ1) is 12.3. The molecule has 25 heavy (non-hydrogen) atoms. The highest BCUT2D eigenvalue weighted by Crippen LogP contribution is 2.36. The summed E-state index contributed by atoms with van der Waals surface area (Å²) in [6, 6.07) is 9.17. The van der Waals surface area contributed by atoms with Crippen molar-refractivity contribution < 1.29 is 0 Å². The summed E-state index contributed by atoms with van der Waals surface area (Å²) >= 11 is 0. The van der Waals surface area contributed by atoms with Crippen molar-refractivity contribution >= 4 is 16.9 Å². The molecule has 3 N–H and O–H groups in total. The summed E-state index contributed by atoms with van der Waals surface area (Å²) in [6.07, 6.45) is 5.66. The molecule has 5 nitrogen and oxygen atoms in total. The standard InChI is InChI=1S/C20H23N5/c1-12-23-19-16(6-7-22-20(19)24-12)18-9-15-8-14(4-5-17(15)25-18)11-21-10-13-2-3-13/h4-8,13,18,21,25H,2-3,9-11H2,1H3,(H,22,23,24). The number of hydrogen-bond donors (Lipinski definition) is 3. The van der Waals surface area contributed by atoms with E-state index in [0.29, 0.717) is 0 Å². The second-order valence-corrected chi connectivity index (χ2v) is 7.39.